The van der Waals surface area contributed by atoms with Crippen LogP contribution in [0.5, 0.6) is 0 Å². The van der Waals surface area contributed by atoms with E-state index in [1.807, 2.05) is 0 Å². The smallest absolute Gasteiger partial charge is 0.257 e. The molecule has 132 valence electrons. The van der Waals surface area contributed by atoms with Gasteiger partial charge in [-0.1, -0.05) is 0 Å². The van der Waals surface area contributed by atoms with E-state index in [1.165, 1.54) is 30.5 Å². The van der Waals surface area contributed by atoms with Crippen molar-refractivity contribution in [3.63, 3.8) is 0 Å². The Morgan fingerprint density at radius 3 is 2.68 bits per heavy atom. The summed E-state index contributed by atoms with van der Waals surface area (Å²) in [5.41, 5.74) is 1.78. The number of halogens is 1. The Hall–Kier alpha value is -2.51. The monoisotopic (exact) mass is 344 g/mol. The zero-order valence-corrected chi connectivity index (χ0v) is 13.9. The minimum atomic E-state index is -0.342. The Morgan fingerprint density at radius 1 is 1.16 bits per heavy atom. The second-order valence-corrected chi connectivity index (χ2v) is 5.80. The van der Waals surface area contributed by atoms with E-state index in [0.29, 0.717) is 11.3 Å². The van der Waals surface area contributed by atoms with Gasteiger partial charge < -0.3 is 15.4 Å². The fraction of sp³-hybridized carbons (Fsp3) is 0.333. The second kappa shape index (κ2) is 8.55. The van der Waals surface area contributed by atoms with Gasteiger partial charge in [0, 0.05) is 44.3 Å². The van der Waals surface area contributed by atoms with Crippen LogP contribution in [-0.4, -0.2) is 55.2 Å². The van der Waals surface area contributed by atoms with E-state index >= 15 is 0 Å². The first-order valence-corrected chi connectivity index (χ1v) is 8.27. The van der Waals surface area contributed by atoms with Gasteiger partial charge in [0.05, 0.1) is 24.5 Å². The van der Waals surface area contributed by atoms with Crippen LogP contribution in [0.4, 0.5) is 15.8 Å². The van der Waals surface area contributed by atoms with Crippen molar-refractivity contribution < 1.29 is 13.9 Å². The number of carbonyl (C=O) groups is 1. The summed E-state index contributed by atoms with van der Waals surface area (Å²) in [5.74, 6) is -0.623. The number of pyridine rings is 1. The van der Waals surface area contributed by atoms with Gasteiger partial charge >= 0.3 is 0 Å². The third-order valence-electron chi connectivity index (χ3n) is 3.96. The minimum Gasteiger partial charge on any atom is -0.382 e. The van der Waals surface area contributed by atoms with Gasteiger partial charge in [-0.2, -0.15) is 0 Å². The van der Waals surface area contributed by atoms with Crippen molar-refractivity contribution in [2.75, 3.05) is 50.0 Å². The Balaban J connectivity index is 1.53. The number of morpholine rings is 1. The molecule has 0 spiro atoms. The summed E-state index contributed by atoms with van der Waals surface area (Å²) in [6.07, 6.45) is 3.19. The molecule has 0 bridgehead atoms. The number of hydrogen-bond acceptors (Lipinski definition) is 5. The number of nitrogens with one attached hydrogen (secondary N) is 2. The van der Waals surface area contributed by atoms with Crippen LogP contribution in [0, 0.1) is 5.82 Å². The lowest BCUT2D eigenvalue weighted by atomic mass is 10.2. The molecule has 1 aromatic carbocycles. The number of carbonyl (C=O) groups excluding carboxylic acids is 1. The molecule has 2 N–H and O–H groups in total. The van der Waals surface area contributed by atoms with E-state index in [1.54, 1.807) is 12.3 Å². The summed E-state index contributed by atoms with van der Waals surface area (Å²) < 4.78 is 18.2. The molecule has 1 fully saturated rings. The summed E-state index contributed by atoms with van der Waals surface area (Å²) in [7, 11) is 0. The average Bonchev–Trinajstić information content (AvgIpc) is 2.65. The number of benzene rings is 1. The van der Waals surface area contributed by atoms with E-state index in [-0.39, 0.29) is 11.7 Å². The number of ether oxygens (including phenoxy) is 1. The first-order valence-electron chi connectivity index (χ1n) is 8.27. The fourth-order valence-corrected chi connectivity index (χ4v) is 2.58. The van der Waals surface area contributed by atoms with Gasteiger partial charge in [0.15, 0.2) is 0 Å². The Labute approximate surface area is 146 Å². The number of nitrogens with zero attached hydrogens (tertiary/aromatic N) is 2. The number of anilines is 2. The van der Waals surface area contributed by atoms with Crippen molar-refractivity contribution >= 4 is 17.3 Å². The van der Waals surface area contributed by atoms with Crippen LogP contribution >= 0.6 is 0 Å². The maximum absolute atomic E-state index is 12.9. The van der Waals surface area contributed by atoms with Crippen LogP contribution in [0.3, 0.4) is 0 Å². The van der Waals surface area contributed by atoms with E-state index in [0.717, 1.165) is 45.1 Å². The highest BCUT2D eigenvalue weighted by molar-refractivity contribution is 6.04. The lowest BCUT2D eigenvalue weighted by Gasteiger charge is -2.26. The lowest BCUT2D eigenvalue weighted by Crippen LogP contribution is -2.39. The zero-order valence-electron chi connectivity index (χ0n) is 13.9. The Bertz CT molecular complexity index is 702. The highest BCUT2D eigenvalue weighted by Crippen LogP contribution is 2.13. The van der Waals surface area contributed by atoms with Crippen LogP contribution in [0.15, 0.2) is 42.7 Å². The predicted molar refractivity (Wildman–Crippen MR) is 94.3 cm³/mol. The molecule has 25 heavy (non-hydrogen) atoms. The lowest BCUT2D eigenvalue weighted by molar-refractivity contribution is 0.0398. The number of hydrogen-bond donors (Lipinski definition) is 2. The SMILES string of the molecule is O=C(Nc1ccc(F)cc1)c1cncc(NCCN2CCOCC2)c1. The quantitative estimate of drug-likeness (QED) is 0.841. The predicted octanol–water partition coefficient (Wildman–Crippen LogP) is 2.22. The normalized spacial score (nSPS) is 14.9. The average molecular weight is 344 g/mol. The van der Waals surface area contributed by atoms with Crippen molar-refractivity contribution in [3.05, 3.63) is 54.1 Å². The minimum absolute atomic E-state index is 0.282. The summed E-state index contributed by atoms with van der Waals surface area (Å²) >= 11 is 0. The first-order chi connectivity index (χ1) is 12.2. The summed E-state index contributed by atoms with van der Waals surface area (Å²) in [4.78, 5) is 18.7. The van der Waals surface area contributed by atoms with Crippen LogP contribution in [0.2, 0.25) is 0 Å². The maximum Gasteiger partial charge on any atom is 0.257 e. The number of amides is 1. The van der Waals surface area contributed by atoms with Crippen molar-refractivity contribution in [1.29, 1.82) is 0 Å². The van der Waals surface area contributed by atoms with Gasteiger partial charge in [-0.15, -0.1) is 0 Å². The maximum atomic E-state index is 12.9. The molecule has 1 aliphatic rings. The first kappa shape index (κ1) is 17.3. The summed E-state index contributed by atoms with van der Waals surface area (Å²) in [6, 6.07) is 7.40. The molecule has 6 nitrogen and oxygen atoms in total. The van der Waals surface area contributed by atoms with Gasteiger partial charge in [0.2, 0.25) is 0 Å². The molecule has 3 rings (SSSR count). The number of aromatic nitrogens is 1. The van der Waals surface area contributed by atoms with Gasteiger partial charge in [-0.05, 0) is 30.3 Å². The van der Waals surface area contributed by atoms with E-state index < -0.39 is 0 Å². The van der Waals surface area contributed by atoms with Crippen LogP contribution in [0.1, 0.15) is 10.4 Å². The van der Waals surface area contributed by atoms with Crippen molar-refractivity contribution in [1.82, 2.24) is 9.88 Å². The molecule has 0 saturated carbocycles. The van der Waals surface area contributed by atoms with Crippen LogP contribution < -0.4 is 10.6 Å². The van der Waals surface area contributed by atoms with Crippen LogP contribution in [-0.2, 0) is 4.74 Å². The molecule has 1 aliphatic heterocycles. The highest BCUT2D eigenvalue weighted by atomic mass is 19.1. The van der Waals surface area contributed by atoms with Gasteiger partial charge in [0.25, 0.3) is 5.91 Å². The van der Waals surface area contributed by atoms with Gasteiger partial charge in [0.1, 0.15) is 5.82 Å². The molecule has 0 aliphatic carbocycles. The van der Waals surface area contributed by atoms with Crippen molar-refractivity contribution in [2.45, 2.75) is 0 Å². The standard InChI is InChI=1S/C18H21FN4O2/c19-15-1-3-16(4-2-15)22-18(24)14-11-17(13-20-12-14)21-5-6-23-7-9-25-10-8-23/h1-4,11-13,21H,5-10H2,(H,22,24). The molecular formula is C18H21FN4O2. The molecule has 0 atom stereocenters. The van der Waals surface area contributed by atoms with Crippen molar-refractivity contribution in [3.8, 4) is 0 Å². The van der Waals surface area contributed by atoms with Gasteiger partial charge in [-0.25, -0.2) is 4.39 Å². The highest BCUT2D eigenvalue weighted by Gasteiger charge is 2.10. The third kappa shape index (κ3) is 5.23. The number of rotatable bonds is 6. The third-order valence-corrected chi connectivity index (χ3v) is 3.96. The molecule has 2 heterocycles. The van der Waals surface area contributed by atoms with E-state index in [2.05, 4.69) is 20.5 Å². The summed E-state index contributed by atoms with van der Waals surface area (Å²) in [5, 5.41) is 6.01. The topological polar surface area (TPSA) is 66.5 Å². The largest absolute Gasteiger partial charge is 0.382 e. The van der Waals surface area contributed by atoms with Gasteiger partial charge in [-0.3, -0.25) is 14.7 Å². The van der Waals surface area contributed by atoms with E-state index in [9.17, 15) is 9.18 Å². The molecule has 0 radical (unpaired) electrons. The van der Waals surface area contributed by atoms with E-state index in [4.69, 9.17) is 4.74 Å². The molecular weight excluding hydrogens is 323 g/mol. The Morgan fingerprint density at radius 2 is 1.92 bits per heavy atom. The molecule has 7 heteroatoms. The molecule has 1 amide bonds. The fourth-order valence-electron chi connectivity index (χ4n) is 2.58. The van der Waals surface area contributed by atoms with Crippen molar-refractivity contribution in [2.24, 2.45) is 0 Å². The van der Waals surface area contributed by atoms with Crippen LogP contribution in [0.25, 0.3) is 0 Å². The zero-order chi connectivity index (χ0) is 17.5. The molecule has 2 aromatic rings. The Kier molecular flexibility index (Phi) is 5.92. The second-order valence-electron chi connectivity index (χ2n) is 5.80. The molecule has 1 saturated heterocycles. The molecule has 0 unspecified atom stereocenters. The molecule has 1 aromatic heterocycles. The summed E-state index contributed by atoms with van der Waals surface area (Å²) in [6.45, 7) is 5.13.